The number of hydrogen-bond acceptors (Lipinski definition) is 5. The molecule has 130 valence electrons. The van der Waals surface area contributed by atoms with Crippen molar-refractivity contribution in [3.63, 3.8) is 0 Å². The van der Waals surface area contributed by atoms with Crippen LogP contribution in [0.5, 0.6) is 11.5 Å². The van der Waals surface area contributed by atoms with E-state index in [-0.39, 0.29) is 5.91 Å². The largest absolute Gasteiger partial charge is 0.493 e. The second-order valence-corrected chi connectivity index (χ2v) is 5.37. The molecule has 0 aliphatic carbocycles. The lowest BCUT2D eigenvalue weighted by atomic mass is 10.2. The Morgan fingerprint density at radius 3 is 2.76 bits per heavy atom. The van der Waals surface area contributed by atoms with E-state index in [1.165, 1.54) is 6.26 Å². The van der Waals surface area contributed by atoms with E-state index in [2.05, 4.69) is 10.4 Å². The summed E-state index contributed by atoms with van der Waals surface area (Å²) >= 11 is 0. The molecule has 2 aromatic heterocycles. The van der Waals surface area contributed by atoms with Crippen molar-refractivity contribution in [3.8, 4) is 11.5 Å². The minimum atomic E-state index is -0.245. The molecule has 2 heterocycles. The number of furan rings is 1. The number of aromatic nitrogens is 2. The summed E-state index contributed by atoms with van der Waals surface area (Å²) in [6, 6.07) is 9.01. The lowest BCUT2D eigenvalue weighted by Crippen LogP contribution is -2.16. The van der Waals surface area contributed by atoms with Crippen molar-refractivity contribution in [1.29, 1.82) is 0 Å². The van der Waals surface area contributed by atoms with Crippen molar-refractivity contribution in [1.82, 2.24) is 9.78 Å². The molecule has 1 N–H and O–H groups in total. The van der Waals surface area contributed by atoms with Gasteiger partial charge in [-0.25, -0.2) is 4.68 Å². The third-order valence-electron chi connectivity index (χ3n) is 3.87. The second kappa shape index (κ2) is 7.12. The smallest absolute Gasteiger partial charge is 0.260 e. The molecule has 1 amide bonds. The molecule has 3 rings (SSSR count). The zero-order valence-electron chi connectivity index (χ0n) is 14.3. The standard InChI is InChI=1S/C18H19N3O4/c1-12-14(8-10-25-12)18(22)20-16-7-9-19-21(16)11-13-5-4-6-15(23-2)17(13)24-3/h4-10H,11H2,1-3H3,(H,20,22). The van der Waals surface area contributed by atoms with E-state index in [4.69, 9.17) is 13.9 Å². The fourth-order valence-corrected chi connectivity index (χ4v) is 2.61. The van der Waals surface area contributed by atoms with Crippen LogP contribution in [0.3, 0.4) is 0 Å². The summed E-state index contributed by atoms with van der Waals surface area (Å²) in [5.41, 5.74) is 1.38. The van der Waals surface area contributed by atoms with E-state index in [1.807, 2.05) is 18.2 Å². The zero-order chi connectivity index (χ0) is 17.8. The SMILES string of the molecule is COc1cccc(Cn2nccc2NC(=O)c2ccoc2C)c1OC. The highest BCUT2D eigenvalue weighted by molar-refractivity contribution is 6.04. The number of rotatable bonds is 6. The predicted molar refractivity (Wildman–Crippen MR) is 92.3 cm³/mol. The number of nitrogens with zero attached hydrogens (tertiary/aromatic N) is 2. The molecule has 7 heteroatoms. The molecule has 0 unspecified atom stereocenters. The Balaban J connectivity index is 1.83. The number of ether oxygens (including phenoxy) is 2. The van der Waals surface area contributed by atoms with Gasteiger partial charge in [-0.2, -0.15) is 5.10 Å². The lowest BCUT2D eigenvalue weighted by molar-refractivity contribution is 0.102. The molecule has 0 saturated heterocycles. The first kappa shape index (κ1) is 16.6. The van der Waals surface area contributed by atoms with Gasteiger partial charge in [-0.15, -0.1) is 0 Å². The summed E-state index contributed by atoms with van der Waals surface area (Å²) in [4.78, 5) is 12.4. The van der Waals surface area contributed by atoms with Crippen LogP contribution in [-0.4, -0.2) is 29.9 Å². The molecule has 3 aromatic rings. The minimum absolute atomic E-state index is 0.245. The molecule has 0 saturated carbocycles. The Bertz CT molecular complexity index is 882. The van der Waals surface area contributed by atoms with Gasteiger partial charge in [0.1, 0.15) is 11.6 Å². The number of carbonyl (C=O) groups excluding carboxylic acids is 1. The van der Waals surface area contributed by atoms with E-state index >= 15 is 0 Å². The van der Waals surface area contributed by atoms with Crippen molar-refractivity contribution in [3.05, 3.63) is 59.7 Å². The Hall–Kier alpha value is -3.22. The van der Waals surface area contributed by atoms with E-state index in [0.717, 1.165) is 5.56 Å². The lowest BCUT2D eigenvalue weighted by Gasteiger charge is -2.14. The molecular weight excluding hydrogens is 322 g/mol. The van der Waals surface area contributed by atoms with Gasteiger partial charge in [-0.3, -0.25) is 4.79 Å². The van der Waals surface area contributed by atoms with Gasteiger partial charge >= 0.3 is 0 Å². The Morgan fingerprint density at radius 2 is 2.08 bits per heavy atom. The third-order valence-corrected chi connectivity index (χ3v) is 3.87. The molecule has 0 radical (unpaired) electrons. The van der Waals surface area contributed by atoms with Crippen LogP contribution in [0, 0.1) is 6.92 Å². The zero-order valence-corrected chi connectivity index (χ0v) is 14.3. The second-order valence-electron chi connectivity index (χ2n) is 5.37. The summed E-state index contributed by atoms with van der Waals surface area (Å²) in [6.45, 7) is 2.17. The molecule has 0 aliphatic heterocycles. The number of methoxy groups -OCH3 is 2. The van der Waals surface area contributed by atoms with E-state index in [1.54, 1.807) is 44.2 Å². The van der Waals surface area contributed by atoms with Gasteiger partial charge in [-0.1, -0.05) is 12.1 Å². The highest BCUT2D eigenvalue weighted by Gasteiger charge is 2.16. The van der Waals surface area contributed by atoms with Crippen LogP contribution in [0.25, 0.3) is 0 Å². The van der Waals surface area contributed by atoms with Crippen molar-refractivity contribution >= 4 is 11.7 Å². The van der Waals surface area contributed by atoms with Gasteiger partial charge in [-0.05, 0) is 19.1 Å². The van der Waals surface area contributed by atoms with Crippen molar-refractivity contribution in [2.75, 3.05) is 19.5 Å². The van der Waals surface area contributed by atoms with E-state index < -0.39 is 0 Å². The molecule has 25 heavy (non-hydrogen) atoms. The maximum Gasteiger partial charge on any atom is 0.260 e. The maximum atomic E-state index is 12.4. The first-order chi connectivity index (χ1) is 12.1. The van der Waals surface area contributed by atoms with Crippen molar-refractivity contribution < 1.29 is 18.7 Å². The number of carbonyl (C=O) groups is 1. The summed E-state index contributed by atoms with van der Waals surface area (Å²) in [7, 11) is 3.18. The van der Waals surface area contributed by atoms with Crippen molar-refractivity contribution in [2.45, 2.75) is 13.5 Å². The highest BCUT2D eigenvalue weighted by Crippen LogP contribution is 2.31. The first-order valence-electron chi connectivity index (χ1n) is 7.71. The first-order valence-corrected chi connectivity index (χ1v) is 7.71. The normalized spacial score (nSPS) is 10.5. The number of amides is 1. The Labute approximate surface area is 145 Å². The van der Waals surface area contributed by atoms with Gasteiger partial charge < -0.3 is 19.2 Å². The number of anilines is 1. The quantitative estimate of drug-likeness (QED) is 0.745. The third kappa shape index (κ3) is 3.35. The number of benzene rings is 1. The fourth-order valence-electron chi connectivity index (χ4n) is 2.61. The number of hydrogen-bond donors (Lipinski definition) is 1. The molecule has 1 aromatic carbocycles. The molecule has 0 fully saturated rings. The number of para-hydroxylation sites is 1. The van der Waals surface area contributed by atoms with Crippen molar-refractivity contribution in [2.24, 2.45) is 0 Å². The molecule has 0 atom stereocenters. The average molecular weight is 341 g/mol. The molecule has 0 spiro atoms. The van der Waals surface area contributed by atoms with Crippen LogP contribution in [0.15, 0.2) is 47.2 Å². The number of nitrogens with one attached hydrogen (secondary N) is 1. The van der Waals surface area contributed by atoms with Gasteiger partial charge in [0.2, 0.25) is 0 Å². The van der Waals surface area contributed by atoms with Gasteiger partial charge in [0.15, 0.2) is 11.5 Å². The average Bonchev–Trinajstić information content (AvgIpc) is 3.23. The van der Waals surface area contributed by atoms with Gasteiger partial charge in [0, 0.05) is 11.6 Å². The summed E-state index contributed by atoms with van der Waals surface area (Å²) < 4.78 is 17.6. The number of aryl methyl sites for hydroxylation is 1. The van der Waals surface area contributed by atoms with E-state index in [0.29, 0.717) is 35.2 Å². The van der Waals surface area contributed by atoms with Gasteiger partial charge in [0.05, 0.1) is 38.8 Å². The molecule has 7 nitrogen and oxygen atoms in total. The summed E-state index contributed by atoms with van der Waals surface area (Å²) in [5, 5.41) is 7.13. The Morgan fingerprint density at radius 1 is 1.24 bits per heavy atom. The van der Waals surface area contributed by atoms with Crippen LogP contribution < -0.4 is 14.8 Å². The van der Waals surface area contributed by atoms with Crippen LogP contribution in [0.1, 0.15) is 21.7 Å². The molecule has 0 bridgehead atoms. The topological polar surface area (TPSA) is 78.5 Å². The van der Waals surface area contributed by atoms with Crippen LogP contribution in [0.2, 0.25) is 0 Å². The minimum Gasteiger partial charge on any atom is -0.493 e. The molecular formula is C18H19N3O4. The monoisotopic (exact) mass is 341 g/mol. The Kier molecular flexibility index (Phi) is 4.74. The maximum absolute atomic E-state index is 12.4. The van der Waals surface area contributed by atoms with E-state index in [9.17, 15) is 4.79 Å². The van der Waals surface area contributed by atoms with Crippen LogP contribution in [-0.2, 0) is 6.54 Å². The fraction of sp³-hybridized carbons (Fsp3) is 0.222. The predicted octanol–water partition coefficient (Wildman–Crippen LogP) is 3.10. The van der Waals surface area contributed by atoms with Crippen LogP contribution in [0.4, 0.5) is 5.82 Å². The summed E-state index contributed by atoms with van der Waals surface area (Å²) in [5.74, 6) is 2.19. The molecule has 0 aliphatic rings. The highest BCUT2D eigenvalue weighted by atomic mass is 16.5. The van der Waals surface area contributed by atoms with Gasteiger partial charge in [0.25, 0.3) is 5.91 Å². The van der Waals surface area contributed by atoms with Crippen LogP contribution >= 0.6 is 0 Å². The summed E-state index contributed by atoms with van der Waals surface area (Å²) in [6.07, 6.45) is 3.12.